The van der Waals surface area contributed by atoms with Crippen LogP contribution >= 0.6 is 0 Å². The summed E-state index contributed by atoms with van der Waals surface area (Å²) in [5, 5.41) is 8.82. The monoisotopic (exact) mass is 242 g/mol. The predicted octanol–water partition coefficient (Wildman–Crippen LogP) is 1.81. The molecule has 0 aliphatic carbocycles. The summed E-state index contributed by atoms with van der Waals surface area (Å²) in [5.74, 6) is 0.891. The largest absolute Gasteiger partial charge is 0.396 e. The first-order chi connectivity index (χ1) is 8.26. The topological polar surface area (TPSA) is 26.7 Å². The highest BCUT2D eigenvalue weighted by molar-refractivity contribution is 4.74. The molecular formula is C14H30N2O. The van der Waals surface area contributed by atoms with Crippen molar-refractivity contribution in [3.8, 4) is 0 Å². The van der Waals surface area contributed by atoms with E-state index in [1.165, 1.54) is 51.9 Å². The number of aliphatic hydroxyl groups is 1. The summed E-state index contributed by atoms with van der Waals surface area (Å²) in [4.78, 5) is 5.00. The molecule has 1 aliphatic heterocycles. The molecule has 0 unspecified atom stereocenters. The minimum atomic E-state index is 0.333. The minimum absolute atomic E-state index is 0.333. The molecule has 102 valence electrons. The Kier molecular flexibility index (Phi) is 7.82. The summed E-state index contributed by atoms with van der Waals surface area (Å²) in [5.41, 5.74) is 0. The number of unbranched alkanes of at least 4 members (excludes halogenated alkanes) is 1. The van der Waals surface area contributed by atoms with Crippen molar-refractivity contribution in [3.05, 3.63) is 0 Å². The molecule has 0 spiro atoms. The molecule has 0 aromatic heterocycles. The average molecular weight is 242 g/mol. The standard InChI is InChI=1S/C14H30N2O/c1-3-4-8-15(2)13-14-6-10-16(11-7-14)9-5-12-17/h14,17H,3-13H2,1-2H3. The van der Waals surface area contributed by atoms with E-state index in [1.807, 2.05) is 0 Å². The Labute approximate surface area is 107 Å². The second-order valence-corrected chi connectivity index (χ2v) is 5.48. The molecule has 1 rings (SSSR count). The maximum atomic E-state index is 8.82. The second-order valence-electron chi connectivity index (χ2n) is 5.48. The molecule has 3 heteroatoms. The fraction of sp³-hybridized carbons (Fsp3) is 1.00. The average Bonchev–Trinajstić information content (AvgIpc) is 2.35. The highest BCUT2D eigenvalue weighted by Crippen LogP contribution is 2.18. The van der Waals surface area contributed by atoms with Gasteiger partial charge in [-0.25, -0.2) is 0 Å². The van der Waals surface area contributed by atoms with Crippen LogP contribution in [0.25, 0.3) is 0 Å². The van der Waals surface area contributed by atoms with Gasteiger partial charge in [0.2, 0.25) is 0 Å². The van der Waals surface area contributed by atoms with E-state index in [-0.39, 0.29) is 0 Å². The van der Waals surface area contributed by atoms with E-state index in [0.717, 1.165) is 18.9 Å². The molecule has 0 bridgehead atoms. The second kappa shape index (κ2) is 8.90. The molecule has 1 saturated heterocycles. The van der Waals surface area contributed by atoms with E-state index < -0.39 is 0 Å². The van der Waals surface area contributed by atoms with E-state index in [9.17, 15) is 0 Å². The van der Waals surface area contributed by atoms with E-state index in [1.54, 1.807) is 0 Å². The molecular weight excluding hydrogens is 212 g/mol. The minimum Gasteiger partial charge on any atom is -0.396 e. The zero-order chi connectivity index (χ0) is 12.5. The summed E-state index contributed by atoms with van der Waals surface area (Å²) >= 11 is 0. The van der Waals surface area contributed by atoms with Crippen LogP contribution in [0.4, 0.5) is 0 Å². The highest BCUT2D eigenvalue weighted by Gasteiger charge is 2.19. The van der Waals surface area contributed by atoms with Crippen molar-refractivity contribution in [2.75, 3.05) is 46.4 Å². The van der Waals surface area contributed by atoms with Gasteiger partial charge < -0.3 is 14.9 Å². The van der Waals surface area contributed by atoms with Gasteiger partial charge in [0, 0.05) is 19.7 Å². The van der Waals surface area contributed by atoms with Gasteiger partial charge in [0.25, 0.3) is 0 Å². The van der Waals surface area contributed by atoms with Gasteiger partial charge in [-0.1, -0.05) is 13.3 Å². The van der Waals surface area contributed by atoms with Gasteiger partial charge in [-0.05, 0) is 58.3 Å². The summed E-state index contributed by atoms with van der Waals surface area (Å²) in [7, 11) is 2.26. The molecule has 3 nitrogen and oxygen atoms in total. The SMILES string of the molecule is CCCCN(C)CC1CCN(CCCO)CC1. The molecule has 1 aliphatic rings. The van der Waals surface area contributed by atoms with Crippen LogP contribution in [-0.2, 0) is 0 Å². The van der Waals surface area contributed by atoms with Crippen LogP contribution < -0.4 is 0 Å². The number of rotatable bonds is 8. The zero-order valence-corrected chi connectivity index (χ0v) is 11.7. The van der Waals surface area contributed by atoms with Crippen LogP contribution in [0.15, 0.2) is 0 Å². The fourth-order valence-electron chi connectivity index (χ4n) is 2.65. The van der Waals surface area contributed by atoms with Gasteiger partial charge in [-0.2, -0.15) is 0 Å². The van der Waals surface area contributed by atoms with Crippen LogP contribution in [0, 0.1) is 5.92 Å². The van der Waals surface area contributed by atoms with Crippen LogP contribution in [0.5, 0.6) is 0 Å². The molecule has 1 fully saturated rings. The van der Waals surface area contributed by atoms with Crippen molar-refractivity contribution in [2.24, 2.45) is 5.92 Å². The van der Waals surface area contributed by atoms with E-state index >= 15 is 0 Å². The number of likely N-dealkylation sites (tertiary alicyclic amines) is 1. The van der Waals surface area contributed by atoms with E-state index in [4.69, 9.17) is 5.11 Å². The zero-order valence-electron chi connectivity index (χ0n) is 11.7. The number of piperidine rings is 1. The fourth-order valence-corrected chi connectivity index (χ4v) is 2.65. The maximum Gasteiger partial charge on any atom is 0.0443 e. The Balaban J connectivity index is 2.09. The van der Waals surface area contributed by atoms with Gasteiger partial charge in [-0.15, -0.1) is 0 Å². The summed E-state index contributed by atoms with van der Waals surface area (Å²) in [6.45, 7) is 8.65. The quantitative estimate of drug-likeness (QED) is 0.703. The third-order valence-electron chi connectivity index (χ3n) is 3.80. The van der Waals surface area contributed by atoms with Crippen molar-refractivity contribution in [3.63, 3.8) is 0 Å². The smallest absolute Gasteiger partial charge is 0.0443 e. The highest BCUT2D eigenvalue weighted by atomic mass is 16.3. The number of nitrogens with zero attached hydrogens (tertiary/aromatic N) is 2. The number of hydrogen-bond donors (Lipinski definition) is 1. The summed E-state index contributed by atoms with van der Waals surface area (Å²) < 4.78 is 0. The van der Waals surface area contributed by atoms with Crippen LogP contribution in [-0.4, -0.2) is 61.3 Å². The lowest BCUT2D eigenvalue weighted by molar-refractivity contribution is 0.144. The molecule has 0 aromatic rings. The molecule has 0 aromatic carbocycles. The van der Waals surface area contributed by atoms with E-state index in [0.29, 0.717) is 6.61 Å². The first-order valence-corrected chi connectivity index (χ1v) is 7.28. The van der Waals surface area contributed by atoms with Crippen LogP contribution in [0.1, 0.15) is 39.0 Å². The summed E-state index contributed by atoms with van der Waals surface area (Å²) in [6, 6.07) is 0. The number of aliphatic hydroxyl groups excluding tert-OH is 1. The number of hydrogen-bond acceptors (Lipinski definition) is 3. The van der Waals surface area contributed by atoms with E-state index in [2.05, 4.69) is 23.8 Å². The lowest BCUT2D eigenvalue weighted by Gasteiger charge is -2.33. The summed E-state index contributed by atoms with van der Waals surface area (Å²) in [6.07, 6.45) is 6.22. The predicted molar refractivity (Wildman–Crippen MR) is 73.3 cm³/mol. The molecule has 0 amide bonds. The van der Waals surface area contributed by atoms with Crippen molar-refractivity contribution >= 4 is 0 Å². The molecule has 17 heavy (non-hydrogen) atoms. The Bertz CT molecular complexity index is 179. The lowest BCUT2D eigenvalue weighted by Crippen LogP contribution is -2.38. The van der Waals surface area contributed by atoms with Gasteiger partial charge in [0.15, 0.2) is 0 Å². The van der Waals surface area contributed by atoms with Crippen LogP contribution in [0.3, 0.4) is 0 Å². The third-order valence-corrected chi connectivity index (χ3v) is 3.80. The Morgan fingerprint density at radius 2 is 1.94 bits per heavy atom. The molecule has 0 saturated carbocycles. The van der Waals surface area contributed by atoms with Gasteiger partial charge in [-0.3, -0.25) is 0 Å². The molecule has 1 N–H and O–H groups in total. The molecule has 1 heterocycles. The molecule has 0 atom stereocenters. The lowest BCUT2D eigenvalue weighted by atomic mass is 9.96. The third kappa shape index (κ3) is 6.39. The first kappa shape index (κ1) is 14.9. The Hall–Kier alpha value is -0.120. The Morgan fingerprint density at radius 3 is 2.53 bits per heavy atom. The maximum absolute atomic E-state index is 8.82. The van der Waals surface area contributed by atoms with Gasteiger partial charge >= 0.3 is 0 Å². The van der Waals surface area contributed by atoms with Crippen LogP contribution in [0.2, 0.25) is 0 Å². The van der Waals surface area contributed by atoms with Gasteiger partial charge in [0.05, 0.1) is 0 Å². The first-order valence-electron chi connectivity index (χ1n) is 7.28. The molecule has 0 radical (unpaired) electrons. The van der Waals surface area contributed by atoms with Crippen molar-refractivity contribution in [2.45, 2.75) is 39.0 Å². The van der Waals surface area contributed by atoms with Crippen molar-refractivity contribution < 1.29 is 5.11 Å². The van der Waals surface area contributed by atoms with Crippen molar-refractivity contribution in [1.29, 1.82) is 0 Å². The van der Waals surface area contributed by atoms with Gasteiger partial charge in [0.1, 0.15) is 0 Å². The van der Waals surface area contributed by atoms with Crippen molar-refractivity contribution in [1.82, 2.24) is 9.80 Å². The Morgan fingerprint density at radius 1 is 1.24 bits per heavy atom. The normalized spacial score (nSPS) is 19.1.